The van der Waals surface area contributed by atoms with Crippen molar-refractivity contribution in [2.75, 3.05) is 25.1 Å². The summed E-state index contributed by atoms with van der Waals surface area (Å²) in [6.07, 6.45) is 6.96. The van der Waals surface area contributed by atoms with Gasteiger partial charge in [-0.15, -0.1) is 0 Å². The fraction of sp³-hybridized carbons (Fsp3) is 0.650. The molecule has 0 aliphatic heterocycles. The fourth-order valence-electron chi connectivity index (χ4n) is 3.24. The number of rotatable bonds is 8. The number of benzene rings is 1. The number of carbonyl (C=O) groups excluding carboxylic acids is 1. The first-order valence-electron chi connectivity index (χ1n) is 9.81. The van der Waals surface area contributed by atoms with Crippen molar-refractivity contribution in [3.63, 3.8) is 0 Å². The van der Waals surface area contributed by atoms with Crippen LogP contribution in [0.3, 0.4) is 0 Å². The summed E-state index contributed by atoms with van der Waals surface area (Å²) in [5.74, 6) is 1.72. The smallest absolute Gasteiger partial charge is 0.319 e. The predicted octanol–water partition coefficient (Wildman–Crippen LogP) is 4.73. The first kappa shape index (κ1) is 20.2. The summed E-state index contributed by atoms with van der Waals surface area (Å²) in [4.78, 5) is 12.4. The second-order valence-electron chi connectivity index (χ2n) is 6.39. The van der Waals surface area contributed by atoms with Gasteiger partial charge < -0.3 is 24.8 Å². The lowest BCUT2D eigenvalue weighted by atomic mass is 10.1. The minimum atomic E-state index is -0.189. The molecule has 2 N–H and O–H groups in total. The second-order valence-corrected chi connectivity index (χ2v) is 6.39. The Labute approximate surface area is 156 Å². The van der Waals surface area contributed by atoms with Crippen molar-refractivity contribution < 1.29 is 19.0 Å². The van der Waals surface area contributed by atoms with E-state index in [1.807, 2.05) is 20.8 Å². The number of urea groups is 1. The van der Waals surface area contributed by atoms with Crippen LogP contribution in [0, 0.1) is 0 Å². The van der Waals surface area contributed by atoms with Crippen LogP contribution in [0.2, 0.25) is 0 Å². The molecule has 1 aromatic carbocycles. The molecule has 26 heavy (non-hydrogen) atoms. The molecule has 6 nitrogen and oxygen atoms in total. The summed E-state index contributed by atoms with van der Waals surface area (Å²) in [5.41, 5.74) is 0.631. The Morgan fingerprint density at radius 1 is 0.923 bits per heavy atom. The molecule has 0 atom stereocenters. The van der Waals surface area contributed by atoms with Crippen LogP contribution in [0.15, 0.2) is 12.1 Å². The van der Waals surface area contributed by atoms with E-state index in [4.69, 9.17) is 14.2 Å². The van der Waals surface area contributed by atoms with E-state index in [-0.39, 0.29) is 12.1 Å². The second kappa shape index (κ2) is 10.8. The number of hydrogen-bond acceptors (Lipinski definition) is 4. The Bertz CT molecular complexity index is 542. The van der Waals surface area contributed by atoms with Crippen LogP contribution in [-0.2, 0) is 0 Å². The van der Waals surface area contributed by atoms with Crippen LogP contribution in [0.4, 0.5) is 10.5 Å². The normalized spacial score (nSPS) is 15.0. The van der Waals surface area contributed by atoms with Crippen molar-refractivity contribution in [1.29, 1.82) is 0 Å². The Balaban J connectivity index is 2.12. The van der Waals surface area contributed by atoms with Crippen molar-refractivity contribution in [2.45, 2.75) is 65.3 Å². The first-order valence-corrected chi connectivity index (χ1v) is 9.81. The summed E-state index contributed by atoms with van der Waals surface area (Å²) < 4.78 is 17.1. The zero-order valence-electron chi connectivity index (χ0n) is 16.2. The third-order valence-electron chi connectivity index (χ3n) is 4.36. The van der Waals surface area contributed by atoms with Crippen LogP contribution >= 0.6 is 0 Å². The Morgan fingerprint density at radius 3 is 1.96 bits per heavy atom. The van der Waals surface area contributed by atoms with Crippen molar-refractivity contribution in [3.8, 4) is 17.2 Å². The van der Waals surface area contributed by atoms with Gasteiger partial charge >= 0.3 is 6.03 Å². The van der Waals surface area contributed by atoms with Gasteiger partial charge in [0.05, 0.1) is 25.5 Å². The van der Waals surface area contributed by atoms with Gasteiger partial charge in [0.2, 0.25) is 5.75 Å². The van der Waals surface area contributed by atoms with Gasteiger partial charge in [-0.05, 0) is 33.6 Å². The maximum Gasteiger partial charge on any atom is 0.319 e. The minimum Gasteiger partial charge on any atom is -0.490 e. The average Bonchev–Trinajstić information content (AvgIpc) is 2.87. The van der Waals surface area contributed by atoms with Crippen LogP contribution in [0.25, 0.3) is 0 Å². The summed E-state index contributed by atoms with van der Waals surface area (Å²) in [6.45, 7) is 7.25. The zero-order chi connectivity index (χ0) is 18.8. The maximum absolute atomic E-state index is 12.4. The summed E-state index contributed by atoms with van der Waals surface area (Å²) in [7, 11) is 0. The number of anilines is 1. The Kier molecular flexibility index (Phi) is 8.38. The van der Waals surface area contributed by atoms with Crippen LogP contribution < -0.4 is 24.8 Å². The van der Waals surface area contributed by atoms with Gasteiger partial charge in [-0.3, -0.25) is 0 Å². The lowest BCUT2D eigenvalue weighted by molar-refractivity contribution is 0.247. The van der Waals surface area contributed by atoms with Crippen molar-refractivity contribution >= 4 is 11.7 Å². The quantitative estimate of drug-likeness (QED) is 0.655. The SMILES string of the molecule is CCOc1cc(NC(=O)NC2CCCCCC2)cc(OCC)c1OCC. The Hall–Kier alpha value is -2.11. The van der Waals surface area contributed by atoms with E-state index in [0.29, 0.717) is 42.8 Å². The molecular weight excluding hydrogens is 332 g/mol. The van der Waals surface area contributed by atoms with Gasteiger partial charge in [0, 0.05) is 18.2 Å². The monoisotopic (exact) mass is 364 g/mol. The van der Waals surface area contributed by atoms with E-state index in [9.17, 15) is 4.79 Å². The maximum atomic E-state index is 12.4. The van der Waals surface area contributed by atoms with E-state index < -0.39 is 0 Å². The minimum absolute atomic E-state index is 0.189. The molecule has 0 aromatic heterocycles. The van der Waals surface area contributed by atoms with Gasteiger partial charge in [0.15, 0.2) is 11.5 Å². The molecule has 0 unspecified atom stereocenters. The Morgan fingerprint density at radius 2 is 1.46 bits per heavy atom. The van der Waals surface area contributed by atoms with E-state index >= 15 is 0 Å². The summed E-state index contributed by atoms with van der Waals surface area (Å²) in [6, 6.07) is 3.62. The molecule has 1 saturated carbocycles. The number of carbonyl (C=O) groups is 1. The number of ether oxygens (including phenoxy) is 3. The topological polar surface area (TPSA) is 68.8 Å². The molecule has 0 bridgehead atoms. The lowest BCUT2D eigenvalue weighted by Gasteiger charge is -2.19. The number of amides is 2. The van der Waals surface area contributed by atoms with Crippen LogP contribution in [0.1, 0.15) is 59.3 Å². The van der Waals surface area contributed by atoms with Crippen LogP contribution in [0.5, 0.6) is 17.2 Å². The molecule has 0 radical (unpaired) electrons. The predicted molar refractivity (Wildman–Crippen MR) is 104 cm³/mol. The van der Waals surface area contributed by atoms with Crippen LogP contribution in [-0.4, -0.2) is 31.9 Å². The molecule has 1 aromatic rings. The third kappa shape index (κ3) is 6.00. The molecule has 146 valence electrons. The zero-order valence-corrected chi connectivity index (χ0v) is 16.2. The molecule has 2 rings (SSSR count). The van der Waals surface area contributed by atoms with Gasteiger partial charge in [-0.25, -0.2) is 4.79 Å². The molecule has 1 fully saturated rings. The molecular formula is C20H32N2O4. The lowest BCUT2D eigenvalue weighted by Crippen LogP contribution is -2.37. The fourth-order valence-corrected chi connectivity index (χ4v) is 3.24. The molecule has 0 spiro atoms. The largest absolute Gasteiger partial charge is 0.490 e. The van der Waals surface area contributed by atoms with Gasteiger partial charge in [-0.1, -0.05) is 25.7 Å². The van der Waals surface area contributed by atoms with E-state index in [1.165, 1.54) is 25.7 Å². The van der Waals surface area contributed by atoms with Crippen molar-refractivity contribution in [3.05, 3.63) is 12.1 Å². The summed E-state index contributed by atoms with van der Waals surface area (Å²) >= 11 is 0. The number of hydrogen-bond donors (Lipinski definition) is 2. The van der Waals surface area contributed by atoms with Crippen molar-refractivity contribution in [1.82, 2.24) is 5.32 Å². The standard InChI is InChI=1S/C20H32N2O4/c1-4-24-17-13-16(14-18(25-5-2)19(17)26-6-3)22-20(23)21-15-11-9-7-8-10-12-15/h13-15H,4-12H2,1-3H3,(H2,21,22,23). The average molecular weight is 364 g/mol. The highest BCUT2D eigenvalue weighted by molar-refractivity contribution is 5.90. The van der Waals surface area contributed by atoms with Gasteiger partial charge in [0.25, 0.3) is 0 Å². The number of nitrogens with one attached hydrogen (secondary N) is 2. The van der Waals surface area contributed by atoms with Crippen molar-refractivity contribution in [2.24, 2.45) is 0 Å². The highest BCUT2D eigenvalue weighted by Crippen LogP contribution is 2.40. The first-order chi connectivity index (χ1) is 12.7. The van der Waals surface area contributed by atoms with Gasteiger partial charge in [-0.2, -0.15) is 0 Å². The molecule has 0 saturated heterocycles. The summed E-state index contributed by atoms with van der Waals surface area (Å²) in [5, 5.41) is 6.00. The molecule has 0 heterocycles. The highest BCUT2D eigenvalue weighted by Gasteiger charge is 2.18. The third-order valence-corrected chi connectivity index (χ3v) is 4.36. The molecule has 1 aliphatic carbocycles. The van der Waals surface area contributed by atoms with Gasteiger partial charge in [0.1, 0.15) is 0 Å². The molecule has 1 aliphatic rings. The van der Waals surface area contributed by atoms with E-state index in [1.54, 1.807) is 12.1 Å². The van der Waals surface area contributed by atoms with E-state index in [2.05, 4.69) is 10.6 Å². The highest BCUT2D eigenvalue weighted by atomic mass is 16.5. The molecule has 2 amide bonds. The van der Waals surface area contributed by atoms with E-state index in [0.717, 1.165) is 12.8 Å². The molecule has 6 heteroatoms.